The Balaban J connectivity index is 1.81. The minimum atomic E-state index is -0.472. The van der Waals surface area contributed by atoms with Crippen LogP contribution in [0, 0.1) is 6.92 Å². The molecule has 1 amide bonds. The molecule has 0 atom stereocenters. The fraction of sp³-hybridized carbons (Fsp3) is 0.391. The Morgan fingerprint density at radius 2 is 1.94 bits per heavy atom. The van der Waals surface area contributed by atoms with Crippen molar-refractivity contribution < 1.29 is 14.3 Å². The first-order valence-electron chi connectivity index (χ1n) is 10.5. The number of thioether (sulfide) groups is 1. The Hall–Kier alpha value is -2.65. The number of hydrogen-bond donors (Lipinski definition) is 1. The second-order valence-electron chi connectivity index (χ2n) is 7.58. The van der Waals surface area contributed by atoms with Crippen molar-refractivity contribution in [2.75, 3.05) is 18.2 Å². The first-order valence-corrected chi connectivity index (χ1v) is 12.3. The molecule has 32 heavy (non-hydrogen) atoms. The normalized spacial score (nSPS) is 11.1. The third-order valence-corrected chi connectivity index (χ3v) is 6.82. The Morgan fingerprint density at radius 1 is 1.22 bits per heavy atom. The molecular formula is C23H28N4O3S2. The summed E-state index contributed by atoms with van der Waals surface area (Å²) in [4.78, 5) is 26.3. The molecule has 0 saturated carbocycles. The van der Waals surface area contributed by atoms with Crippen LogP contribution in [0.5, 0.6) is 0 Å². The van der Waals surface area contributed by atoms with E-state index in [0.717, 1.165) is 40.0 Å². The van der Waals surface area contributed by atoms with Gasteiger partial charge in [-0.3, -0.25) is 4.79 Å². The SMILES string of the molecule is CCCn1c(SCC(=O)Nc2sc(C)c(-c3ccccc3)c2C(=O)OC)nnc1C(C)C. The first-order chi connectivity index (χ1) is 15.4. The summed E-state index contributed by atoms with van der Waals surface area (Å²) >= 11 is 2.72. The van der Waals surface area contributed by atoms with Gasteiger partial charge in [-0.05, 0) is 18.9 Å². The molecule has 0 aliphatic carbocycles. The lowest BCUT2D eigenvalue weighted by Crippen LogP contribution is -2.16. The molecule has 9 heteroatoms. The monoisotopic (exact) mass is 472 g/mol. The zero-order valence-corrected chi connectivity index (χ0v) is 20.6. The number of aryl methyl sites for hydroxylation is 1. The minimum absolute atomic E-state index is 0.165. The lowest BCUT2D eigenvalue weighted by Gasteiger charge is -2.11. The number of methoxy groups -OCH3 is 1. The number of carbonyl (C=O) groups excluding carboxylic acids is 2. The van der Waals surface area contributed by atoms with Crippen LogP contribution in [0.2, 0.25) is 0 Å². The van der Waals surface area contributed by atoms with Gasteiger partial charge in [0.25, 0.3) is 0 Å². The Bertz CT molecular complexity index is 1090. The van der Waals surface area contributed by atoms with E-state index >= 15 is 0 Å². The lowest BCUT2D eigenvalue weighted by atomic mass is 10.0. The van der Waals surface area contributed by atoms with Gasteiger partial charge >= 0.3 is 5.97 Å². The number of nitrogens with zero attached hydrogens (tertiary/aromatic N) is 3. The van der Waals surface area contributed by atoms with Crippen LogP contribution in [0.15, 0.2) is 35.5 Å². The summed E-state index contributed by atoms with van der Waals surface area (Å²) in [7, 11) is 1.35. The van der Waals surface area contributed by atoms with Crippen LogP contribution in [-0.2, 0) is 16.1 Å². The fourth-order valence-corrected chi connectivity index (χ4v) is 5.29. The van der Waals surface area contributed by atoms with Gasteiger partial charge in [-0.15, -0.1) is 21.5 Å². The first kappa shape index (κ1) is 24.0. The Labute approximate surface area is 196 Å². The van der Waals surface area contributed by atoms with Crippen LogP contribution in [-0.4, -0.2) is 39.5 Å². The molecule has 3 aromatic rings. The quantitative estimate of drug-likeness (QED) is 0.333. The smallest absolute Gasteiger partial charge is 0.341 e. The molecule has 1 aromatic carbocycles. The zero-order valence-electron chi connectivity index (χ0n) is 19.0. The highest BCUT2D eigenvalue weighted by Crippen LogP contribution is 2.40. The predicted octanol–water partition coefficient (Wildman–Crippen LogP) is 5.37. The average molecular weight is 473 g/mol. The number of esters is 1. The summed E-state index contributed by atoms with van der Waals surface area (Å²) < 4.78 is 7.10. The van der Waals surface area contributed by atoms with Crippen LogP contribution < -0.4 is 5.32 Å². The van der Waals surface area contributed by atoms with Crippen LogP contribution in [0.4, 0.5) is 5.00 Å². The fourth-order valence-electron chi connectivity index (χ4n) is 3.44. The van der Waals surface area contributed by atoms with Gasteiger partial charge < -0.3 is 14.6 Å². The molecule has 3 rings (SSSR count). The zero-order chi connectivity index (χ0) is 23.3. The number of rotatable bonds is 9. The van der Waals surface area contributed by atoms with Crippen molar-refractivity contribution in [2.45, 2.75) is 51.7 Å². The molecule has 0 bridgehead atoms. The highest BCUT2D eigenvalue weighted by molar-refractivity contribution is 7.99. The van der Waals surface area contributed by atoms with Crippen LogP contribution in [0.1, 0.15) is 54.2 Å². The summed E-state index contributed by atoms with van der Waals surface area (Å²) in [6, 6.07) is 9.64. The third-order valence-electron chi connectivity index (χ3n) is 4.83. The molecule has 7 nitrogen and oxygen atoms in total. The minimum Gasteiger partial charge on any atom is -0.465 e. The summed E-state index contributed by atoms with van der Waals surface area (Å²) in [6.45, 7) is 9.00. The van der Waals surface area contributed by atoms with Gasteiger partial charge in [-0.2, -0.15) is 0 Å². The van der Waals surface area contributed by atoms with Gasteiger partial charge in [0.05, 0.1) is 12.9 Å². The molecule has 2 heterocycles. The van der Waals surface area contributed by atoms with E-state index in [0.29, 0.717) is 10.6 Å². The van der Waals surface area contributed by atoms with Crippen molar-refractivity contribution in [3.05, 3.63) is 46.6 Å². The predicted molar refractivity (Wildman–Crippen MR) is 130 cm³/mol. The van der Waals surface area contributed by atoms with E-state index < -0.39 is 5.97 Å². The number of ether oxygens (including phenoxy) is 1. The highest BCUT2D eigenvalue weighted by atomic mass is 32.2. The summed E-state index contributed by atoms with van der Waals surface area (Å²) in [5.41, 5.74) is 2.08. The second kappa shape index (κ2) is 10.8. The van der Waals surface area contributed by atoms with Crippen LogP contribution >= 0.6 is 23.1 Å². The lowest BCUT2D eigenvalue weighted by molar-refractivity contribution is -0.113. The standard InChI is InChI=1S/C23H28N4O3S2/c1-6-12-27-20(14(2)3)25-26-23(27)31-13-17(28)24-21-19(22(29)30-5)18(15(4)32-21)16-10-8-7-9-11-16/h7-11,14H,6,12-13H2,1-5H3,(H,24,28). The van der Waals surface area contributed by atoms with Crippen LogP contribution in [0.25, 0.3) is 11.1 Å². The van der Waals surface area contributed by atoms with Gasteiger partial charge in [-0.1, -0.05) is 62.9 Å². The van der Waals surface area contributed by atoms with Gasteiger partial charge in [0.2, 0.25) is 5.91 Å². The number of anilines is 1. The number of hydrogen-bond acceptors (Lipinski definition) is 7. The molecular weight excluding hydrogens is 444 g/mol. The van der Waals surface area contributed by atoms with Crippen molar-refractivity contribution >= 4 is 40.0 Å². The molecule has 0 radical (unpaired) electrons. The third kappa shape index (κ3) is 5.21. The van der Waals surface area contributed by atoms with E-state index in [-0.39, 0.29) is 17.6 Å². The molecule has 2 aromatic heterocycles. The maximum absolute atomic E-state index is 12.8. The summed E-state index contributed by atoms with van der Waals surface area (Å²) in [5.74, 6) is 0.658. The van der Waals surface area contributed by atoms with Crippen molar-refractivity contribution in [2.24, 2.45) is 0 Å². The number of thiophene rings is 1. The van der Waals surface area contributed by atoms with Gasteiger partial charge in [0.15, 0.2) is 5.16 Å². The van der Waals surface area contributed by atoms with Gasteiger partial charge in [0.1, 0.15) is 16.4 Å². The van der Waals surface area contributed by atoms with E-state index in [2.05, 4.69) is 40.9 Å². The Morgan fingerprint density at radius 3 is 2.56 bits per heavy atom. The number of amides is 1. The highest BCUT2D eigenvalue weighted by Gasteiger charge is 2.25. The van der Waals surface area contributed by atoms with Crippen molar-refractivity contribution in [3.8, 4) is 11.1 Å². The maximum Gasteiger partial charge on any atom is 0.341 e. The number of aromatic nitrogens is 3. The van der Waals surface area contributed by atoms with E-state index in [4.69, 9.17) is 4.74 Å². The van der Waals surface area contributed by atoms with Gasteiger partial charge in [0, 0.05) is 22.9 Å². The molecule has 0 fully saturated rings. The molecule has 1 N–H and O–H groups in total. The molecule has 0 unspecified atom stereocenters. The number of carbonyl (C=O) groups is 2. The summed E-state index contributed by atoms with van der Waals surface area (Å²) in [5, 5.41) is 12.7. The van der Waals surface area contributed by atoms with E-state index in [1.165, 1.54) is 30.2 Å². The molecule has 0 spiro atoms. The van der Waals surface area contributed by atoms with Crippen molar-refractivity contribution in [1.82, 2.24) is 14.8 Å². The number of nitrogens with one attached hydrogen (secondary N) is 1. The molecule has 0 aliphatic heterocycles. The number of benzene rings is 1. The largest absolute Gasteiger partial charge is 0.465 e. The Kier molecular flexibility index (Phi) is 8.09. The topological polar surface area (TPSA) is 86.1 Å². The average Bonchev–Trinajstić information content (AvgIpc) is 3.33. The molecule has 170 valence electrons. The van der Waals surface area contributed by atoms with E-state index in [1.807, 2.05) is 37.3 Å². The van der Waals surface area contributed by atoms with Crippen LogP contribution in [0.3, 0.4) is 0 Å². The van der Waals surface area contributed by atoms with E-state index in [1.54, 1.807) is 0 Å². The molecule has 0 saturated heterocycles. The van der Waals surface area contributed by atoms with Gasteiger partial charge in [-0.25, -0.2) is 4.79 Å². The maximum atomic E-state index is 12.8. The van der Waals surface area contributed by atoms with Crippen molar-refractivity contribution in [1.29, 1.82) is 0 Å². The van der Waals surface area contributed by atoms with Crippen molar-refractivity contribution in [3.63, 3.8) is 0 Å². The summed E-state index contributed by atoms with van der Waals surface area (Å²) in [6.07, 6.45) is 0.955. The second-order valence-corrected chi connectivity index (χ2v) is 9.75. The molecule has 0 aliphatic rings. The van der Waals surface area contributed by atoms with E-state index in [9.17, 15) is 9.59 Å².